The molecular formula is C47H40N2O. The Morgan fingerprint density at radius 1 is 0.620 bits per heavy atom. The van der Waals surface area contributed by atoms with Crippen LogP contribution in [0.15, 0.2) is 126 Å². The van der Waals surface area contributed by atoms with Gasteiger partial charge in [-0.2, -0.15) is 0 Å². The largest absolute Gasteiger partial charge is 0.455 e. The van der Waals surface area contributed by atoms with Gasteiger partial charge in [0.1, 0.15) is 17.0 Å². The van der Waals surface area contributed by atoms with Gasteiger partial charge in [-0.15, -0.1) is 0 Å². The first-order valence-electron chi connectivity index (χ1n) is 20.3. The van der Waals surface area contributed by atoms with Crippen LogP contribution in [0.3, 0.4) is 0 Å². The number of para-hydroxylation sites is 1. The maximum Gasteiger partial charge on any atom is 0.149 e. The Balaban J connectivity index is 1.44. The van der Waals surface area contributed by atoms with Crippen molar-refractivity contribution in [3.05, 3.63) is 144 Å². The van der Waals surface area contributed by atoms with Crippen molar-refractivity contribution < 1.29 is 12.6 Å². The van der Waals surface area contributed by atoms with Crippen LogP contribution in [0.5, 0.6) is 0 Å². The van der Waals surface area contributed by atoms with Crippen molar-refractivity contribution >= 4 is 54.5 Å². The van der Waals surface area contributed by atoms with Gasteiger partial charge in [0.05, 0.1) is 22.3 Å². The number of fused-ring (bicyclic) bond motifs is 7. The van der Waals surface area contributed by atoms with E-state index in [2.05, 4.69) is 88.4 Å². The van der Waals surface area contributed by atoms with E-state index in [0.717, 1.165) is 65.8 Å². The number of hydrogen-bond acceptors (Lipinski definition) is 2. The zero-order valence-corrected chi connectivity index (χ0v) is 28.5. The summed E-state index contributed by atoms with van der Waals surface area (Å²) in [5, 5.41) is 6.32. The van der Waals surface area contributed by atoms with E-state index < -0.39 is 13.7 Å². The second-order valence-electron chi connectivity index (χ2n) is 13.9. The Morgan fingerprint density at radius 3 is 2.12 bits per heavy atom. The summed E-state index contributed by atoms with van der Waals surface area (Å²) in [6.45, 7) is 3.06. The van der Waals surface area contributed by atoms with E-state index >= 15 is 0 Å². The molecule has 0 bridgehead atoms. The topological polar surface area (TPSA) is 31.0 Å². The minimum absolute atomic E-state index is 0.00252. The van der Waals surface area contributed by atoms with E-state index in [9.17, 15) is 0 Å². The fraction of sp³-hybridized carbons (Fsp3) is 0.170. The SMILES string of the molecule is [2H]C([2H])([2H])c1ccc2nc(-c3cccc4c3oc3cc5c(ccc6ccccc65)cc34)n(-c3c(C(C)C)cc(-c4ccccc4)cc3C(C)C)c2c1C([2H])([2H])[2H]. The standard InChI is InChI=1S/C47H40N2O/c1-27(2)38-24-34(31-13-8-7-9-14-31)25-39(28(3)4)45(38)49-44-30(6)29(5)19-22-42(44)48-47(49)37-18-12-17-36-41-23-33-21-20-32-15-10-11-16-35(32)40(33)26-43(41)50-46(36)37/h7-28H,1-6H3/i5D3,6D3. The van der Waals surface area contributed by atoms with Crippen molar-refractivity contribution in [2.75, 3.05) is 0 Å². The molecule has 244 valence electrons. The first-order valence-corrected chi connectivity index (χ1v) is 17.3. The molecule has 0 radical (unpaired) electrons. The van der Waals surface area contributed by atoms with Gasteiger partial charge in [-0.05, 0) is 117 Å². The van der Waals surface area contributed by atoms with Gasteiger partial charge in [0.2, 0.25) is 0 Å². The molecule has 0 amide bonds. The average molecular weight is 655 g/mol. The molecule has 9 aromatic rings. The maximum atomic E-state index is 8.83. The predicted octanol–water partition coefficient (Wildman–Crippen LogP) is 13.4. The van der Waals surface area contributed by atoms with E-state index in [1.165, 1.54) is 6.07 Å². The third-order valence-corrected chi connectivity index (χ3v) is 10.2. The van der Waals surface area contributed by atoms with Gasteiger partial charge < -0.3 is 4.42 Å². The highest BCUT2D eigenvalue weighted by Crippen LogP contribution is 2.44. The molecule has 2 aromatic heterocycles. The number of aryl methyl sites for hydroxylation is 2. The van der Waals surface area contributed by atoms with E-state index in [0.29, 0.717) is 22.5 Å². The molecule has 0 unspecified atom stereocenters. The van der Waals surface area contributed by atoms with Gasteiger partial charge in [-0.1, -0.05) is 113 Å². The average Bonchev–Trinajstić information content (AvgIpc) is 3.73. The molecule has 9 rings (SSSR count). The Morgan fingerprint density at radius 2 is 1.36 bits per heavy atom. The first-order chi connectivity index (χ1) is 26.7. The number of rotatable bonds is 5. The van der Waals surface area contributed by atoms with E-state index in [1.54, 1.807) is 6.07 Å². The van der Waals surface area contributed by atoms with Gasteiger partial charge in [-0.3, -0.25) is 4.57 Å². The fourth-order valence-electron chi connectivity index (χ4n) is 7.66. The Labute approximate surface area is 301 Å². The molecule has 50 heavy (non-hydrogen) atoms. The zero-order chi connectivity index (χ0) is 39.3. The second kappa shape index (κ2) is 11.5. The summed E-state index contributed by atoms with van der Waals surface area (Å²) in [6.07, 6.45) is 0. The quantitative estimate of drug-likeness (QED) is 0.173. The summed E-state index contributed by atoms with van der Waals surface area (Å²) in [4.78, 5) is 5.22. The Hall–Kier alpha value is -5.67. The zero-order valence-electron chi connectivity index (χ0n) is 34.5. The minimum atomic E-state index is -2.77. The van der Waals surface area contributed by atoms with Crippen molar-refractivity contribution in [2.45, 2.75) is 53.2 Å². The van der Waals surface area contributed by atoms with Crippen molar-refractivity contribution in [2.24, 2.45) is 0 Å². The van der Waals surface area contributed by atoms with Crippen LogP contribution in [0.2, 0.25) is 0 Å². The highest BCUT2D eigenvalue weighted by atomic mass is 16.3. The molecule has 0 aliphatic rings. The van der Waals surface area contributed by atoms with Crippen molar-refractivity contribution in [1.29, 1.82) is 0 Å². The molecule has 0 saturated carbocycles. The Bertz CT molecular complexity index is 2980. The van der Waals surface area contributed by atoms with E-state index in [1.807, 2.05) is 53.1 Å². The molecule has 0 aliphatic heterocycles. The number of hydrogen-bond donors (Lipinski definition) is 0. The summed E-state index contributed by atoms with van der Waals surface area (Å²) in [5.74, 6) is 0.481. The lowest BCUT2D eigenvalue weighted by atomic mass is 9.88. The van der Waals surface area contributed by atoms with Gasteiger partial charge in [0.25, 0.3) is 0 Å². The van der Waals surface area contributed by atoms with Crippen LogP contribution in [0.4, 0.5) is 0 Å². The molecular weight excluding hydrogens is 609 g/mol. The molecule has 3 nitrogen and oxygen atoms in total. The van der Waals surface area contributed by atoms with E-state index in [4.69, 9.17) is 17.6 Å². The van der Waals surface area contributed by atoms with Crippen LogP contribution < -0.4 is 0 Å². The number of imidazole rings is 1. The lowest BCUT2D eigenvalue weighted by molar-refractivity contribution is 0.670. The molecule has 0 aliphatic carbocycles. The summed E-state index contributed by atoms with van der Waals surface area (Å²) in [7, 11) is 0. The van der Waals surface area contributed by atoms with Crippen molar-refractivity contribution in [3.8, 4) is 28.2 Å². The third kappa shape index (κ3) is 4.60. The lowest BCUT2D eigenvalue weighted by Crippen LogP contribution is -2.10. The lowest BCUT2D eigenvalue weighted by Gasteiger charge is -2.25. The van der Waals surface area contributed by atoms with Crippen LogP contribution in [0.1, 0.15) is 70.0 Å². The normalized spacial score (nSPS) is 14.4. The molecule has 0 atom stereocenters. The molecule has 7 aromatic carbocycles. The van der Waals surface area contributed by atoms with Gasteiger partial charge in [0.15, 0.2) is 0 Å². The smallest absolute Gasteiger partial charge is 0.149 e. The molecule has 0 saturated heterocycles. The predicted molar refractivity (Wildman–Crippen MR) is 212 cm³/mol. The monoisotopic (exact) mass is 654 g/mol. The van der Waals surface area contributed by atoms with Crippen LogP contribution in [-0.2, 0) is 0 Å². The highest BCUT2D eigenvalue weighted by molar-refractivity contribution is 6.17. The molecule has 3 heteroatoms. The summed E-state index contributed by atoms with van der Waals surface area (Å²) >= 11 is 0. The Kier molecular flexibility index (Phi) is 5.60. The third-order valence-electron chi connectivity index (χ3n) is 10.2. The highest BCUT2D eigenvalue weighted by Gasteiger charge is 2.26. The summed E-state index contributed by atoms with van der Waals surface area (Å²) in [6, 6.07) is 40.4. The summed E-state index contributed by atoms with van der Waals surface area (Å²) < 4.78 is 60.7. The number of aromatic nitrogens is 2. The van der Waals surface area contributed by atoms with Gasteiger partial charge in [-0.25, -0.2) is 4.98 Å². The van der Waals surface area contributed by atoms with Crippen molar-refractivity contribution in [1.82, 2.24) is 9.55 Å². The van der Waals surface area contributed by atoms with E-state index in [-0.39, 0.29) is 28.5 Å². The number of benzene rings is 7. The summed E-state index contributed by atoms with van der Waals surface area (Å²) in [5.41, 5.74) is 7.12. The van der Waals surface area contributed by atoms with Crippen LogP contribution >= 0.6 is 0 Å². The molecule has 0 fully saturated rings. The maximum absolute atomic E-state index is 8.83. The number of nitrogens with zero attached hydrogens (tertiary/aromatic N) is 2. The number of furan rings is 1. The fourth-order valence-corrected chi connectivity index (χ4v) is 7.66. The molecule has 0 N–H and O–H groups in total. The first kappa shape index (κ1) is 24.5. The van der Waals surface area contributed by atoms with Crippen LogP contribution in [0.25, 0.3) is 82.7 Å². The molecule has 2 heterocycles. The van der Waals surface area contributed by atoms with Crippen LogP contribution in [-0.4, -0.2) is 9.55 Å². The second-order valence-corrected chi connectivity index (χ2v) is 13.9. The van der Waals surface area contributed by atoms with Gasteiger partial charge in [0, 0.05) is 19.0 Å². The van der Waals surface area contributed by atoms with Crippen LogP contribution in [0, 0.1) is 13.7 Å². The van der Waals surface area contributed by atoms with Gasteiger partial charge >= 0.3 is 0 Å². The van der Waals surface area contributed by atoms with Crippen molar-refractivity contribution in [3.63, 3.8) is 0 Å². The molecule has 0 spiro atoms. The minimum Gasteiger partial charge on any atom is -0.455 e.